The van der Waals surface area contributed by atoms with Gasteiger partial charge in [-0.2, -0.15) is 0 Å². The molecule has 0 unspecified atom stereocenters. The highest BCUT2D eigenvalue weighted by Crippen LogP contribution is 2.23. The molecule has 1 N–H and O–H groups in total. The number of para-hydroxylation sites is 1. The Bertz CT molecular complexity index is 1080. The zero-order valence-corrected chi connectivity index (χ0v) is 14.9. The van der Waals surface area contributed by atoms with E-state index in [1.165, 1.54) is 0 Å². The van der Waals surface area contributed by atoms with Crippen molar-refractivity contribution in [2.24, 2.45) is 0 Å². The van der Waals surface area contributed by atoms with E-state index >= 15 is 0 Å². The molecule has 0 saturated carbocycles. The van der Waals surface area contributed by atoms with Crippen LogP contribution < -0.4 is 10.1 Å². The molecule has 0 amide bonds. The predicted molar refractivity (Wildman–Crippen MR) is 102 cm³/mol. The molecule has 2 heterocycles. The second-order valence-electron chi connectivity index (χ2n) is 6.17. The topological polar surface area (TPSA) is 77.3 Å². The lowest BCUT2D eigenvalue weighted by Crippen LogP contribution is -2.07. The maximum atomic E-state index is 12.4. The second kappa shape index (κ2) is 6.92. The summed E-state index contributed by atoms with van der Waals surface area (Å²) in [5.74, 6) is 0.501. The zero-order valence-electron chi connectivity index (χ0n) is 14.9. The lowest BCUT2D eigenvalue weighted by atomic mass is 10.2. The van der Waals surface area contributed by atoms with Gasteiger partial charge in [0.25, 0.3) is 0 Å². The number of aryl methyl sites for hydroxylation is 2. The number of aromatic nitrogens is 2. The Balaban J connectivity index is 1.52. The molecule has 0 aliphatic carbocycles. The fraction of sp³-hybridized carbons (Fsp3) is 0.0952. The Morgan fingerprint density at radius 3 is 2.52 bits per heavy atom. The van der Waals surface area contributed by atoms with E-state index in [1.54, 1.807) is 30.3 Å². The minimum absolute atomic E-state index is 0.159. The monoisotopic (exact) mass is 359 g/mol. The molecule has 6 nitrogen and oxygen atoms in total. The highest BCUT2D eigenvalue weighted by Gasteiger charge is 2.15. The number of furan rings is 1. The first kappa shape index (κ1) is 16.8. The summed E-state index contributed by atoms with van der Waals surface area (Å²) in [6.07, 6.45) is 0. The van der Waals surface area contributed by atoms with Crippen LogP contribution in [0.2, 0.25) is 0 Å². The van der Waals surface area contributed by atoms with Gasteiger partial charge >= 0.3 is 5.97 Å². The molecule has 2 aromatic carbocycles. The summed E-state index contributed by atoms with van der Waals surface area (Å²) < 4.78 is 11.0. The third-order valence-electron chi connectivity index (χ3n) is 3.91. The maximum absolute atomic E-state index is 12.4. The van der Waals surface area contributed by atoms with Crippen LogP contribution in [0, 0.1) is 13.8 Å². The second-order valence-corrected chi connectivity index (χ2v) is 6.17. The number of carbonyl (C=O) groups excluding carboxylic acids is 1. The summed E-state index contributed by atoms with van der Waals surface area (Å²) in [6.45, 7) is 3.82. The van der Waals surface area contributed by atoms with E-state index in [0.29, 0.717) is 17.3 Å². The largest absolute Gasteiger partial charge is 0.449 e. The number of nitrogens with zero attached hydrogens (tertiary/aromatic N) is 2. The van der Waals surface area contributed by atoms with Crippen LogP contribution in [0.3, 0.4) is 0 Å². The smallest absolute Gasteiger partial charge is 0.379 e. The Kier molecular flexibility index (Phi) is 4.30. The van der Waals surface area contributed by atoms with Gasteiger partial charge in [-0.3, -0.25) is 0 Å². The van der Waals surface area contributed by atoms with Gasteiger partial charge in [0.1, 0.15) is 11.3 Å². The lowest BCUT2D eigenvalue weighted by molar-refractivity contribution is 0.0704. The molecular weight excluding hydrogens is 342 g/mol. The van der Waals surface area contributed by atoms with Crippen molar-refractivity contribution in [3.05, 3.63) is 77.8 Å². The van der Waals surface area contributed by atoms with Gasteiger partial charge in [-0.15, -0.1) is 0 Å². The van der Waals surface area contributed by atoms with E-state index in [9.17, 15) is 4.79 Å². The highest BCUT2D eigenvalue weighted by atomic mass is 16.5. The lowest BCUT2D eigenvalue weighted by Gasteiger charge is -2.08. The van der Waals surface area contributed by atoms with Crippen molar-refractivity contribution in [1.29, 1.82) is 0 Å². The van der Waals surface area contributed by atoms with Crippen LogP contribution in [0.4, 0.5) is 11.6 Å². The van der Waals surface area contributed by atoms with Crippen LogP contribution in [-0.2, 0) is 0 Å². The Labute approximate surface area is 155 Å². The minimum atomic E-state index is -0.550. The Morgan fingerprint density at radius 2 is 1.74 bits per heavy atom. The Morgan fingerprint density at radius 1 is 0.963 bits per heavy atom. The van der Waals surface area contributed by atoms with E-state index in [-0.39, 0.29) is 5.76 Å². The average Bonchev–Trinajstić information content (AvgIpc) is 3.05. The van der Waals surface area contributed by atoms with Gasteiger partial charge in [0.2, 0.25) is 11.7 Å². The number of nitrogens with one attached hydrogen (secondary N) is 1. The summed E-state index contributed by atoms with van der Waals surface area (Å²) in [6, 6.07) is 18.0. The molecule has 0 radical (unpaired) electrons. The molecule has 134 valence electrons. The van der Waals surface area contributed by atoms with Crippen molar-refractivity contribution in [3.63, 3.8) is 0 Å². The third-order valence-corrected chi connectivity index (χ3v) is 3.91. The van der Waals surface area contributed by atoms with Crippen LogP contribution in [0.1, 0.15) is 21.9 Å². The van der Waals surface area contributed by atoms with Crippen molar-refractivity contribution >= 4 is 28.6 Å². The molecule has 4 rings (SSSR count). The first-order valence-electron chi connectivity index (χ1n) is 8.47. The molecule has 0 atom stereocenters. The number of anilines is 2. The van der Waals surface area contributed by atoms with Crippen LogP contribution in [-0.4, -0.2) is 15.9 Å². The van der Waals surface area contributed by atoms with E-state index in [4.69, 9.17) is 9.15 Å². The minimum Gasteiger partial charge on any atom is -0.449 e. The van der Waals surface area contributed by atoms with Crippen molar-refractivity contribution in [2.75, 3.05) is 5.32 Å². The molecule has 0 spiro atoms. The summed E-state index contributed by atoms with van der Waals surface area (Å²) in [4.78, 5) is 21.1. The van der Waals surface area contributed by atoms with E-state index in [1.807, 2.05) is 44.2 Å². The van der Waals surface area contributed by atoms with Crippen LogP contribution >= 0.6 is 0 Å². The fourth-order valence-electron chi connectivity index (χ4n) is 2.79. The van der Waals surface area contributed by atoms with Gasteiger partial charge < -0.3 is 14.5 Å². The van der Waals surface area contributed by atoms with Crippen molar-refractivity contribution in [3.8, 4) is 5.75 Å². The molecule has 0 aliphatic rings. The molecule has 6 heteroatoms. The third kappa shape index (κ3) is 3.79. The van der Waals surface area contributed by atoms with Gasteiger partial charge in [0.05, 0.1) is 0 Å². The van der Waals surface area contributed by atoms with E-state index in [0.717, 1.165) is 22.5 Å². The standard InChI is InChI=1S/C21H17N3O3/c1-13-10-14(2)23-21(22-13)24-16-7-5-8-17(12-16)26-20(25)19-11-15-6-3-4-9-18(15)27-19/h3-12H,1-2H3,(H,22,23,24). The molecule has 0 bridgehead atoms. The SMILES string of the molecule is Cc1cc(C)nc(Nc2cccc(OC(=O)c3cc4ccccc4o3)c2)n1. The zero-order chi connectivity index (χ0) is 18.8. The first-order chi connectivity index (χ1) is 13.1. The number of esters is 1. The molecule has 2 aromatic heterocycles. The number of rotatable bonds is 4. The maximum Gasteiger partial charge on any atom is 0.379 e. The molecular formula is C21H17N3O3. The van der Waals surface area contributed by atoms with Crippen molar-refractivity contribution < 1.29 is 13.9 Å². The number of hydrogen-bond acceptors (Lipinski definition) is 6. The molecule has 27 heavy (non-hydrogen) atoms. The number of carbonyl (C=O) groups is 1. The fourth-order valence-corrected chi connectivity index (χ4v) is 2.79. The quantitative estimate of drug-likeness (QED) is 0.416. The van der Waals surface area contributed by atoms with Gasteiger partial charge in [-0.25, -0.2) is 14.8 Å². The molecule has 0 fully saturated rings. The summed E-state index contributed by atoms with van der Waals surface area (Å²) >= 11 is 0. The van der Waals surface area contributed by atoms with Crippen LogP contribution in [0.15, 0.2) is 65.1 Å². The van der Waals surface area contributed by atoms with Crippen molar-refractivity contribution in [1.82, 2.24) is 9.97 Å². The van der Waals surface area contributed by atoms with Crippen LogP contribution in [0.5, 0.6) is 5.75 Å². The van der Waals surface area contributed by atoms with Crippen LogP contribution in [0.25, 0.3) is 11.0 Å². The molecule has 0 aliphatic heterocycles. The number of ether oxygens (including phenoxy) is 1. The van der Waals surface area contributed by atoms with Gasteiger partial charge in [0, 0.05) is 28.5 Å². The van der Waals surface area contributed by atoms with E-state index in [2.05, 4.69) is 15.3 Å². The van der Waals surface area contributed by atoms with Gasteiger partial charge in [-0.05, 0) is 44.2 Å². The number of hydrogen-bond donors (Lipinski definition) is 1. The van der Waals surface area contributed by atoms with Gasteiger partial charge in [-0.1, -0.05) is 24.3 Å². The highest BCUT2D eigenvalue weighted by molar-refractivity contribution is 5.93. The predicted octanol–water partition coefficient (Wildman–Crippen LogP) is 4.80. The van der Waals surface area contributed by atoms with Gasteiger partial charge in [0.15, 0.2) is 0 Å². The molecule has 4 aromatic rings. The average molecular weight is 359 g/mol. The normalized spacial score (nSPS) is 10.7. The summed E-state index contributed by atoms with van der Waals surface area (Å²) in [7, 11) is 0. The molecule has 0 saturated heterocycles. The summed E-state index contributed by atoms with van der Waals surface area (Å²) in [5, 5.41) is 3.98. The van der Waals surface area contributed by atoms with E-state index < -0.39 is 5.97 Å². The Hall–Kier alpha value is -3.67. The number of benzene rings is 2. The van der Waals surface area contributed by atoms with Crippen molar-refractivity contribution in [2.45, 2.75) is 13.8 Å². The number of fused-ring (bicyclic) bond motifs is 1. The summed E-state index contributed by atoms with van der Waals surface area (Å²) in [5.41, 5.74) is 3.11. The first-order valence-corrected chi connectivity index (χ1v) is 8.47.